The lowest BCUT2D eigenvalue weighted by Gasteiger charge is -2.13. The van der Waals surface area contributed by atoms with E-state index in [0.29, 0.717) is 5.92 Å². The van der Waals surface area contributed by atoms with Crippen LogP contribution in [0.2, 0.25) is 0 Å². The highest BCUT2D eigenvalue weighted by Crippen LogP contribution is 2.11. The van der Waals surface area contributed by atoms with E-state index >= 15 is 0 Å². The van der Waals surface area contributed by atoms with Gasteiger partial charge in [-0.25, -0.2) is 0 Å². The van der Waals surface area contributed by atoms with Gasteiger partial charge < -0.3 is 4.74 Å². The zero-order valence-electron chi connectivity index (χ0n) is 9.29. The molecule has 84 valence electrons. The average Bonchev–Trinajstić information content (AvgIpc) is 2.29. The molecule has 0 aromatic heterocycles. The Kier molecular flexibility index (Phi) is 6.69. The molecular weight excluding hydrogens is 252 g/mol. The van der Waals surface area contributed by atoms with Crippen molar-refractivity contribution in [3.05, 3.63) is 35.9 Å². The largest absolute Gasteiger partial charge is 0.376 e. The van der Waals surface area contributed by atoms with Gasteiger partial charge in [-0.2, -0.15) is 0 Å². The highest BCUT2D eigenvalue weighted by atomic mass is 79.9. The molecule has 0 bridgehead atoms. The normalized spacial score (nSPS) is 12.7. The maximum atomic E-state index is 5.70. The third kappa shape index (κ3) is 5.33. The van der Waals surface area contributed by atoms with Gasteiger partial charge in [0.25, 0.3) is 0 Å². The lowest BCUT2D eigenvalue weighted by Crippen LogP contribution is -2.10. The van der Waals surface area contributed by atoms with Crippen LogP contribution in [0.3, 0.4) is 0 Å². The van der Waals surface area contributed by atoms with E-state index in [4.69, 9.17) is 4.74 Å². The summed E-state index contributed by atoms with van der Waals surface area (Å²) in [5.74, 6) is 0.652. The molecule has 1 atom stereocenters. The van der Waals surface area contributed by atoms with Crippen LogP contribution in [0.5, 0.6) is 0 Å². The Balaban J connectivity index is 2.20. The maximum Gasteiger partial charge on any atom is 0.0717 e. The second-order valence-corrected chi connectivity index (χ2v) is 4.46. The fraction of sp³-hybridized carbons (Fsp3) is 0.538. The SMILES string of the molecule is CCCC(CBr)COCc1ccccc1. The van der Waals surface area contributed by atoms with E-state index in [1.165, 1.54) is 18.4 Å². The molecular formula is C13H19BrO. The minimum atomic E-state index is 0.652. The topological polar surface area (TPSA) is 9.23 Å². The van der Waals surface area contributed by atoms with Crippen molar-refractivity contribution in [2.75, 3.05) is 11.9 Å². The first-order valence-electron chi connectivity index (χ1n) is 5.54. The molecule has 0 spiro atoms. The van der Waals surface area contributed by atoms with Crippen LogP contribution in [0.1, 0.15) is 25.3 Å². The Hall–Kier alpha value is -0.340. The molecule has 0 aliphatic heterocycles. The average molecular weight is 271 g/mol. The number of alkyl halides is 1. The van der Waals surface area contributed by atoms with Gasteiger partial charge in [-0.1, -0.05) is 59.6 Å². The lowest BCUT2D eigenvalue weighted by molar-refractivity contribution is 0.0910. The van der Waals surface area contributed by atoms with Crippen LogP contribution in [0.15, 0.2) is 30.3 Å². The van der Waals surface area contributed by atoms with Gasteiger partial charge in [0.1, 0.15) is 0 Å². The standard InChI is InChI=1S/C13H19BrO/c1-2-6-13(9-14)11-15-10-12-7-4-3-5-8-12/h3-5,7-8,13H,2,6,9-11H2,1H3. The molecule has 1 unspecified atom stereocenters. The minimum absolute atomic E-state index is 0.652. The zero-order chi connectivity index (χ0) is 10.9. The van der Waals surface area contributed by atoms with E-state index in [2.05, 4.69) is 35.0 Å². The molecule has 1 aromatic rings. The Bertz CT molecular complexity index is 248. The summed E-state index contributed by atoms with van der Waals surface area (Å²) in [5, 5.41) is 1.04. The zero-order valence-corrected chi connectivity index (χ0v) is 10.9. The van der Waals surface area contributed by atoms with Gasteiger partial charge in [0.05, 0.1) is 13.2 Å². The molecule has 2 heteroatoms. The predicted octanol–water partition coefficient (Wildman–Crippen LogP) is 4.01. The second-order valence-electron chi connectivity index (χ2n) is 3.81. The van der Waals surface area contributed by atoms with Crippen LogP contribution in [0, 0.1) is 5.92 Å². The van der Waals surface area contributed by atoms with Crippen LogP contribution in [0.4, 0.5) is 0 Å². The number of ether oxygens (including phenoxy) is 1. The lowest BCUT2D eigenvalue weighted by atomic mass is 10.1. The van der Waals surface area contributed by atoms with Gasteiger partial charge in [0, 0.05) is 5.33 Å². The van der Waals surface area contributed by atoms with Crippen molar-refractivity contribution in [2.45, 2.75) is 26.4 Å². The van der Waals surface area contributed by atoms with E-state index in [0.717, 1.165) is 18.5 Å². The van der Waals surface area contributed by atoms with Gasteiger partial charge >= 0.3 is 0 Å². The van der Waals surface area contributed by atoms with E-state index in [1.54, 1.807) is 0 Å². The number of halogens is 1. The van der Waals surface area contributed by atoms with Gasteiger partial charge in [-0.3, -0.25) is 0 Å². The summed E-state index contributed by atoms with van der Waals surface area (Å²) in [6.07, 6.45) is 2.46. The quantitative estimate of drug-likeness (QED) is 0.681. The number of benzene rings is 1. The second kappa shape index (κ2) is 7.89. The van der Waals surface area contributed by atoms with Crippen molar-refractivity contribution < 1.29 is 4.74 Å². The summed E-state index contributed by atoms with van der Waals surface area (Å²) >= 11 is 3.52. The van der Waals surface area contributed by atoms with Gasteiger partial charge in [-0.05, 0) is 17.9 Å². The van der Waals surface area contributed by atoms with Crippen molar-refractivity contribution in [3.8, 4) is 0 Å². The number of hydrogen-bond acceptors (Lipinski definition) is 1. The Labute approximate surface area is 101 Å². The van der Waals surface area contributed by atoms with E-state index < -0.39 is 0 Å². The summed E-state index contributed by atoms with van der Waals surface area (Å²) in [7, 11) is 0. The molecule has 0 amide bonds. The predicted molar refractivity (Wildman–Crippen MR) is 68.3 cm³/mol. The van der Waals surface area contributed by atoms with Crippen LogP contribution in [-0.4, -0.2) is 11.9 Å². The third-order valence-corrected chi connectivity index (χ3v) is 3.30. The van der Waals surface area contributed by atoms with Gasteiger partial charge in [0.15, 0.2) is 0 Å². The molecule has 0 radical (unpaired) electrons. The van der Waals surface area contributed by atoms with Crippen molar-refractivity contribution in [2.24, 2.45) is 5.92 Å². The first-order chi connectivity index (χ1) is 7.36. The van der Waals surface area contributed by atoms with Crippen molar-refractivity contribution >= 4 is 15.9 Å². The Morgan fingerprint density at radius 3 is 2.60 bits per heavy atom. The van der Waals surface area contributed by atoms with Gasteiger partial charge in [-0.15, -0.1) is 0 Å². The van der Waals surface area contributed by atoms with Crippen LogP contribution in [-0.2, 0) is 11.3 Å². The van der Waals surface area contributed by atoms with E-state index in [-0.39, 0.29) is 0 Å². The third-order valence-electron chi connectivity index (χ3n) is 2.38. The summed E-state index contributed by atoms with van der Waals surface area (Å²) in [4.78, 5) is 0. The molecule has 1 aromatic carbocycles. The molecule has 0 saturated carbocycles. The highest BCUT2D eigenvalue weighted by Gasteiger charge is 2.05. The van der Waals surface area contributed by atoms with Crippen LogP contribution in [0.25, 0.3) is 0 Å². The molecule has 0 saturated heterocycles. The number of rotatable bonds is 7. The van der Waals surface area contributed by atoms with Crippen molar-refractivity contribution in [1.29, 1.82) is 0 Å². The molecule has 0 N–H and O–H groups in total. The summed E-state index contributed by atoms with van der Waals surface area (Å²) in [6.45, 7) is 3.80. The highest BCUT2D eigenvalue weighted by molar-refractivity contribution is 9.09. The minimum Gasteiger partial charge on any atom is -0.376 e. The monoisotopic (exact) mass is 270 g/mol. The fourth-order valence-electron chi connectivity index (χ4n) is 1.53. The fourth-order valence-corrected chi connectivity index (χ4v) is 2.04. The van der Waals surface area contributed by atoms with E-state index in [9.17, 15) is 0 Å². The molecule has 15 heavy (non-hydrogen) atoms. The summed E-state index contributed by atoms with van der Waals surface area (Å²) in [5.41, 5.74) is 1.25. The molecule has 1 rings (SSSR count). The van der Waals surface area contributed by atoms with Crippen LogP contribution >= 0.6 is 15.9 Å². The molecule has 1 nitrogen and oxygen atoms in total. The molecule has 0 fully saturated rings. The summed E-state index contributed by atoms with van der Waals surface area (Å²) < 4.78 is 5.70. The first kappa shape index (κ1) is 12.7. The maximum absolute atomic E-state index is 5.70. The Morgan fingerprint density at radius 1 is 1.27 bits per heavy atom. The molecule has 0 aliphatic carbocycles. The smallest absolute Gasteiger partial charge is 0.0717 e. The van der Waals surface area contributed by atoms with Crippen molar-refractivity contribution in [3.63, 3.8) is 0 Å². The first-order valence-corrected chi connectivity index (χ1v) is 6.66. The van der Waals surface area contributed by atoms with Crippen LogP contribution < -0.4 is 0 Å². The number of hydrogen-bond donors (Lipinski definition) is 0. The van der Waals surface area contributed by atoms with Gasteiger partial charge in [0.2, 0.25) is 0 Å². The molecule has 0 aliphatic rings. The Morgan fingerprint density at radius 2 is 2.00 bits per heavy atom. The van der Waals surface area contributed by atoms with Crippen molar-refractivity contribution in [1.82, 2.24) is 0 Å². The van der Waals surface area contributed by atoms with E-state index in [1.807, 2.05) is 18.2 Å². The molecule has 0 heterocycles. The summed E-state index contributed by atoms with van der Waals surface area (Å²) in [6, 6.07) is 10.3.